The molecule has 0 saturated carbocycles. The molecule has 8 heteroatoms. The van der Waals surface area contributed by atoms with Crippen molar-refractivity contribution in [2.75, 3.05) is 0 Å². The lowest BCUT2D eigenvalue weighted by Gasteiger charge is -2.22. The van der Waals surface area contributed by atoms with Gasteiger partial charge in [0.2, 0.25) is 17.7 Å². The summed E-state index contributed by atoms with van der Waals surface area (Å²) in [5, 5.41) is 13.8. The van der Waals surface area contributed by atoms with Gasteiger partial charge >= 0.3 is 5.97 Å². The Morgan fingerprint density at radius 2 is 1.67 bits per heavy atom. The molecule has 0 saturated heterocycles. The van der Waals surface area contributed by atoms with Gasteiger partial charge in [-0.3, -0.25) is 14.4 Å². The molecule has 0 aliphatic carbocycles. The highest BCUT2D eigenvalue weighted by Crippen LogP contribution is 2.06. The van der Waals surface area contributed by atoms with Crippen LogP contribution in [0.3, 0.4) is 0 Å². The minimum absolute atomic E-state index is 0.0924. The van der Waals surface area contributed by atoms with Gasteiger partial charge in [-0.05, 0) is 18.8 Å². The van der Waals surface area contributed by atoms with Crippen LogP contribution in [0.1, 0.15) is 40.0 Å². The number of hydrogen-bond donors (Lipinski definition) is 4. The zero-order valence-corrected chi connectivity index (χ0v) is 12.5. The zero-order chi connectivity index (χ0) is 16.6. The van der Waals surface area contributed by atoms with Crippen molar-refractivity contribution in [3.63, 3.8) is 0 Å². The third-order valence-corrected chi connectivity index (χ3v) is 2.70. The quantitative estimate of drug-likeness (QED) is 0.449. The van der Waals surface area contributed by atoms with Crippen molar-refractivity contribution >= 4 is 23.7 Å². The van der Waals surface area contributed by atoms with Crippen LogP contribution in [-0.2, 0) is 19.2 Å². The van der Waals surface area contributed by atoms with Crippen LogP contribution in [0.25, 0.3) is 0 Å². The van der Waals surface area contributed by atoms with Crippen LogP contribution < -0.4 is 16.4 Å². The van der Waals surface area contributed by atoms with E-state index in [9.17, 15) is 19.2 Å². The molecule has 0 spiro atoms. The summed E-state index contributed by atoms with van der Waals surface area (Å²) in [6.45, 7) is 5.04. The fraction of sp³-hybridized carbons (Fsp3) is 0.692. The standard InChI is InChI=1S/C13H23N3O5/c1-7(2)6-10(15-8(3)17)12(19)16-9(13(20)21)4-5-11(14)18/h7,9-10H,4-6H2,1-3H3,(H2,14,18)(H,15,17)(H,16,19)(H,20,21)/t9-,10+/m0/s1. The summed E-state index contributed by atoms with van der Waals surface area (Å²) in [5.41, 5.74) is 4.96. The first-order chi connectivity index (χ1) is 9.63. The number of carboxylic acids is 1. The molecule has 0 radical (unpaired) electrons. The van der Waals surface area contributed by atoms with Crippen LogP contribution in [0.15, 0.2) is 0 Å². The molecular formula is C13H23N3O5. The number of aliphatic carboxylic acids is 1. The summed E-state index contributed by atoms with van der Waals surface area (Å²) < 4.78 is 0. The SMILES string of the molecule is CC(=O)N[C@H](CC(C)C)C(=O)N[C@@H](CCC(N)=O)C(=O)O. The summed E-state index contributed by atoms with van der Waals surface area (Å²) in [5.74, 6) is -2.72. The zero-order valence-electron chi connectivity index (χ0n) is 12.5. The average molecular weight is 301 g/mol. The highest BCUT2D eigenvalue weighted by atomic mass is 16.4. The number of hydrogen-bond acceptors (Lipinski definition) is 4. The summed E-state index contributed by atoms with van der Waals surface area (Å²) in [6, 6.07) is -2.02. The van der Waals surface area contributed by atoms with Crippen LogP contribution in [0, 0.1) is 5.92 Å². The largest absolute Gasteiger partial charge is 0.480 e. The van der Waals surface area contributed by atoms with Gasteiger partial charge in [-0.2, -0.15) is 0 Å². The Kier molecular flexibility index (Phi) is 8.03. The van der Waals surface area contributed by atoms with E-state index >= 15 is 0 Å². The Labute approximate surface area is 123 Å². The van der Waals surface area contributed by atoms with Gasteiger partial charge in [0, 0.05) is 13.3 Å². The lowest BCUT2D eigenvalue weighted by atomic mass is 10.0. The van der Waals surface area contributed by atoms with E-state index in [0.29, 0.717) is 6.42 Å². The van der Waals surface area contributed by atoms with Crippen LogP contribution in [0.5, 0.6) is 0 Å². The van der Waals surface area contributed by atoms with Crippen molar-refractivity contribution < 1.29 is 24.3 Å². The maximum atomic E-state index is 12.1. The van der Waals surface area contributed by atoms with Crippen LogP contribution in [0.2, 0.25) is 0 Å². The molecular weight excluding hydrogens is 278 g/mol. The molecule has 0 aromatic rings. The second kappa shape index (κ2) is 8.93. The van der Waals surface area contributed by atoms with Gasteiger partial charge in [-0.25, -0.2) is 4.79 Å². The number of nitrogens with two attached hydrogens (primary N) is 1. The van der Waals surface area contributed by atoms with Gasteiger partial charge in [-0.15, -0.1) is 0 Å². The van der Waals surface area contributed by atoms with E-state index in [4.69, 9.17) is 10.8 Å². The van der Waals surface area contributed by atoms with E-state index < -0.39 is 29.9 Å². The summed E-state index contributed by atoms with van der Waals surface area (Å²) in [6.07, 6.45) is 0.144. The number of rotatable bonds is 9. The minimum atomic E-state index is -1.25. The molecule has 3 amide bonds. The van der Waals surface area contributed by atoms with E-state index in [1.807, 2.05) is 13.8 Å². The molecule has 0 aromatic carbocycles. The van der Waals surface area contributed by atoms with Gasteiger partial charge in [-0.1, -0.05) is 13.8 Å². The highest BCUT2D eigenvalue weighted by Gasteiger charge is 2.26. The van der Waals surface area contributed by atoms with Gasteiger partial charge in [0.25, 0.3) is 0 Å². The first-order valence-corrected chi connectivity index (χ1v) is 6.72. The Morgan fingerprint density at radius 1 is 1.10 bits per heavy atom. The van der Waals surface area contributed by atoms with Crippen LogP contribution >= 0.6 is 0 Å². The van der Waals surface area contributed by atoms with E-state index in [1.165, 1.54) is 6.92 Å². The number of amides is 3. The normalized spacial score (nSPS) is 13.3. The second-order valence-electron chi connectivity index (χ2n) is 5.29. The molecule has 0 rings (SSSR count). The molecule has 8 nitrogen and oxygen atoms in total. The third kappa shape index (κ3) is 8.61. The summed E-state index contributed by atoms with van der Waals surface area (Å²) in [7, 11) is 0. The molecule has 21 heavy (non-hydrogen) atoms. The minimum Gasteiger partial charge on any atom is -0.480 e. The fourth-order valence-corrected chi connectivity index (χ4v) is 1.76. The lowest BCUT2D eigenvalue weighted by molar-refractivity contribution is -0.142. The highest BCUT2D eigenvalue weighted by molar-refractivity contribution is 5.90. The summed E-state index contributed by atoms with van der Waals surface area (Å²) in [4.78, 5) is 44.9. The van der Waals surface area contributed by atoms with Gasteiger partial charge in [0.05, 0.1) is 0 Å². The first-order valence-electron chi connectivity index (χ1n) is 6.72. The number of primary amides is 1. The van der Waals surface area contributed by atoms with Crippen molar-refractivity contribution in [3.05, 3.63) is 0 Å². The average Bonchev–Trinajstić information content (AvgIpc) is 2.31. The smallest absolute Gasteiger partial charge is 0.326 e. The molecule has 0 aliphatic rings. The predicted molar refractivity (Wildman–Crippen MR) is 75.1 cm³/mol. The molecule has 0 unspecified atom stereocenters. The Hall–Kier alpha value is -2.12. The first kappa shape index (κ1) is 18.9. The van der Waals surface area contributed by atoms with E-state index in [-0.39, 0.29) is 24.7 Å². The van der Waals surface area contributed by atoms with Crippen molar-refractivity contribution in [2.45, 2.75) is 52.1 Å². The number of carbonyl (C=O) groups excluding carboxylic acids is 3. The molecule has 0 fully saturated rings. The molecule has 0 bridgehead atoms. The number of carboxylic acid groups (broad SMARTS) is 1. The van der Waals surface area contributed by atoms with Crippen LogP contribution in [-0.4, -0.2) is 40.9 Å². The van der Waals surface area contributed by atoms with Crippen molar-refractivity contribution in [1.29, 1.82) is 0 Å². The molecule has 2 atom stereocenters. The number of carbonyl (C=O) groups is 4. The van der Waals surface area contributed by atoms with Crippen molar-refractivity contribution in [2.24, 2.45) is 11.7 Å². The Bertz CT molecular complexity index is 409. The maximum Gasteiger partial charge on any atom is 0.326 e. The lowest BCUT2D eigenvalue weighted by Crippen LogP contribution is -2.51. The molecule has 0 aliphatic heterocycles. The van der Waals surface area contributed by atoms with E-state index in [2.05, 4.69) is 10.6 Å². The third-order valence-electron chi connectivity index (χ3n) is 2.70. The van der Waals surface area contributed by atoms with E-state index in [1.54, 1.807) is 0 Å². The fourth-order valence-electron chi connectivity index (χ4n) is 1.76. The van der Waals surface area contributed by atoms with E-state index in [0.717, 1.165) is 0 Å². The monoisotopic (exact) mass is 301 g/mol. The molecule has 0 aromatic heterocycles. The molecule has 120 valence electrons. The predicted octanol–water partition coefficient (Wildman–Crippen LogP) is -0.628. The van der Waals surface area contributed by atoms with Crippen LogP contribution in [0.4, 0.5) is 0 Å². The second-order valence-corrected chi connectivity index (χ2v) is 5.29. The molecule has 5 N–H and O–H groups in total. The van der Waals surface area contributed by atoms with Crippen molar-refractivity contribution in [1.82, 2.24) is 10.6 Å². The van der Waals surface area contributed by atoms with Gasteiger partial charge in [0.15, 0.2) is 0 Å². The van der Waals surface area contributed by atoms with Gasteiger partial charge < -0.3 is 21.5 Å². The maximum absolute atomic E-state index is 12.1. The number of nitrogens with one attached hydrogen (secondary N) is 2. The van der Waals surface area contributed by atoms with Crippen molar-refractivity contribution in [3.8, 4) is 0 Å². The van der Waals surface area contributed by atoms with Gasteiger partial charge in [0.1, 0.15) is 12.1 Å². The Morgan fingerprint density at radius 3 is 2.05 bits per heavy atom. The topological polar surface area (TPSA) is 139 Å². The molecule has 0 heterocycles. The Balaban J connectivity index is 4.76. The summed E-state index contributed by atoms with van der Waals surface area (Å²) >= 11 is 0.